The predicted molar refractivity (Wildman–Crippen MR) is 119 cm³/mol. The number of benzene rings is 2. The third kappa shape index (κ3) is 5.36. The summed E-state index contributed by atoms with van der Waals surface area (Å²) in [5, 5.41) is 11.1. The van der Waals surface area contributed by atoms with E-state index in [4.69, 9.17) is 32.2 Å². The van der Waals surface area contributed by atoms with Gasteiger partial charge in [-0.2, -0.15) is 0 Å². The average molecular weight is 473 g/mol. The molecule has 0 amide bonds. The highest BCUT2D eigenvalue weighted by atomic mass is 35.5. The number of hydrogen-bond donors (Lipinski definition) is 1. The van der Waals surface area contributed by atoms with Crippen molar-refractivity contribution in [1.29, 1.82) is 0 Å². The summed E-state index contributed by atoms with van der Waals surface area (Å²) in [5.41, 5.74) is 2.23. The van der Waals surface area contributed by atoms with Gasteiger partial charge in [0.25, 0.3) is 0 Å². The van der Waals surface area contributed by atoms with Gasteiger partial charge in [-0.05, 0) is 49.0 Å². The molecule has 10 heteroatoms. The van der Waals surface area contributed by atoms with E-state index in [9.17, 15) is 9.67 Å². The molecular formula is C19H19Cl2N2O4PS. The lowest BCUT2D eigenvalue weighted by Crippen LogP contribution is -1.97. The van der Waals surface area contributed by atoms with E-state index in [1.807, 2.05) is 6.92 Å². The van der Waals surface area contributed by atoms with E-state index >= 15 is 0 Å². The first-order chi connectivity index (χ1) is 13.8. The number of phenols is 1. The second-order valence-electron chi connectivity index (χ2n) is 5.98. The predicted octanol–water partition coefficient (Wildman–Crippen LogP) is 6.98. The standard InChI is InChI=1S/C19H19Cl2N2O4PS/c1-3-7-29-28(25,26-4-2)27-19-9-13(14(21)10-18(19)24)17-11-22-16-8-12(20)5-6-15(16)23-17/h5-6,8-11,24H,3-4,7H2,1-2H3. The monoisotopic (exact) mass is 472 g/mol. The summed E-state index contributed by atoms with van der Waals surface area (Å²) in [6, 6.07) is 8.00. The first-order valence-electron chi connectivity index (χ1n) is 8.89. The maximum absolute atomic E-state index is 13.0. The Morgan fingerprint density at radius 3 is 2.69 bits per heavy atom. The molecule has 1 atom stereocenters. The van der Waals surface area contributed by atoms with E-state index in [1.165, 1.54) is 12.1 Å². The maximum atomic E-state index is 13.0. The largest absolute Gasteiger partial charge is 0.504 e. The SMILES string of the molecule is CCCSP(=O)(OCC)Oc1cc(-c2cnc3cc(Cl)ccc3n2)c(Cl)cc1O. The molecule has 154 valence electrons. The average Bonchev–Trinajstić information content (AvgIpc) is 2.68. The van der Waals surface area contributed by atoms with Crippen LogP contribution in [0.3, 0.4) is 0 Å². The molecule has 0 aliphatic heterocycles. The number of fused-ring (bicyclic) bond motifs is 1. The second kappa shape index (κ2) is 9.54. The first kappa shape index (κ1) is 22.2. The Bertz CT molecular complexity index is 1080. The van der Waals surface area contributed by atoms with Gasteiger partial charge in [-0.1, -0.05) is 30.1 Å². The Hall–Kier alpha value is -1.50. The van der Waals surface area contributed by atoms with E-state index < -0.39 is 6.80 Å². The zero-order valence-electron chi connectivity index (χ0n) is 15.8. The van der Waals surface area contributed by atoms with Gasteiger partial charge in [0.2, 0.25) is 0 Å². The van der Waals surface area contributed by atoms with Crippen molar-refractivity contribution in [2.45, 2.75) is 20.3 Å². The van der Waals surface area contributed by atoms with Crippen LogP contribution in [-0.4, -0.2) is 27.4 Å². The van der Waals surface area contributed by atoms with Crippen molar-refractivity contribution in [3.05, 3.63) is 46.6 Å². The lowest BCUT2D eigenvalue weighted by molar-refractivity contribution is 0.292. The number of nitrogens with zero attached hydrogens (tertiary/aromatic N) is 2. The van der Waals surface area contributed by atoms with Gasteiger partial charge in [0.15, 0.2) is 11.5 Å². The molecule has 0 saturated carbocycles. The third-order valence-corrected chi connectivity index (χ3v) is 8.27. The second-order valence-corrected chi connectivity index (χ2v) is 10.9. The quantitative estimate of drug-likeness (QED) is 0.354. The molecule has 0 saturated heterocycles. The molecule has 1 unspecified atom stereocenters. The summed E-state index contributed by atoms with van der Waals surface area (Å²) in [6.45, 7) is 0.417. The van der Waals surface area contributed by atoms with Crippen molar-refractivity contribution in [3.8, 4) is 22.8 Å². The fourth-order valence-electron chi connectivity index (χ4n) is 2.50. The number of rotatable bonds is 8. The van der Waals surface area contributed by atoms with Gasteiger partial charge in [-0.25, -0.2) is 9.55 Å². The Labute approximate surface area is 182 Å². The van der Waals surface area contributed by atoms with Crippen molar-refractivity contribution in [3.63, 3.8) is 0 Å². The molecule has 0 radical (unpaired) electrons. The van der Waals surface area contributed by atoms with E-state index in [1.54, 1.807) is 31.3 Å². The first-order valence-corrected chi connectivity index (χ1v) is 12.8. The number of aromatic nitrogens is 2. The summed E-state index contributed by atoms with van der Waals surface area (Å²) in [6.07, 6.45) is 2.36. The molecule has 3 rings (SSSR count). The molecular weight excluding hydrogens is 454 g/mol. The van der Waals surface area contributed by atoms with Crippen molar-refractivity contribution >= 4 is 52.4 Å². The van der Waals surface area contributed by atoms with E-state index in [0.29, 0.717) is 33.1 Å². The molecule has 29 heavy (non-hydrogen) atoms. The molecule has 2 aromatic carbocycles. The Morgan fingerprint density at radius 1 is 1.17 bits per heavy atom. The van der Waals surface area contributed by atoms with Crippen LogP contribution < -0.4 is 4.52 Å². The van der Waals surface area contributed by atoms with Gasteiger partial charge in [0.05, 0.1) is 34.6 Å². The Kier molecular flexibility index (Phi) is 7.30. The zero-order chi connectivity index (χ0) is 21.0. The lowest BCUT2D eigenvalue weighted by Gasteiger charge is -2.19. The third-order valence-electron chi connectivity index (χ3n) is 3.78. The van der Waals surface area contributed by atoms with Gasteiger partial charge in [-0.15, -0.1) is 0 Å². The van der Waals surface area contributed by atoms with Crippen molar-refractivity contribution in [1.82, 2.24) is 9.97 Å². The van der Waals surface area contributed by atoms with Gasteiger partial charge < -0.3 is 9.63 Å². The molecule has 1 aromatic heterocycles. The van der Waals surface area contributed by atoms with Crippen LogP contribution in [0.25, 0.3) is 22.3 Å². The number of phenolic OH excluding ortho intramolecular Hbond substituents is 1. The molecule has 6 nitrogen and oxygen atoms in total. The van der Waals surface area contributed by atoms with Crippen LogP contribution in [0.4, 0.5) is 0 Å². The summed E-state index contributed by atoms with van der Waals surface area (Å²) < 4.78 is 23.9. The van der Waals surface area contributed by atoms with Crippen LogP contribution in [0.15, 0.2) is 36.5 Å². The smallest absolute Gasteiger partial charge is 0.440 e. The Morgan fingerprint density at radius 2 is 1.97 bits per heavy atom. The van der Waals surface area contributed by atoms with E-state index in [-0.39, 0.29) is 23.1 Å². The van der Waals surface area contributed by atoms with E-state index in [0.717, 1.165) is 17.8 Å². The van der Waals surface area contributed by atoms with E-state index in [2.05, 4.69) is 9.97 Å². The van der Waals surface area contributed by atoms with Gasteiger partial charge >= 0.3 is 6.80 Å². The fraction of sp³-hybridized carbons (Fsp3) is 0.263. The molecule has 0 aliphatic carbocycles. The number of hydrogen-bond acceptors (Lipinski definition) is 7. The van der Waals surface area contributed by atoms with Gasteiger partial charge in [0, 0.05) is 22.4 Å². The fourth-order valence-corrected chi connectivity index (χ4v) is 6.37. The highest BCUT2D eigenvalue weighted by Gasteiger charge is 2.28. The van der Waals surface area contributed by atoms with Crippen LogP contribution >= 0.6 is 41.4 Å². The molecule has 0 spiro atoms. The maximum Gasteiger partial charge on any atom is 0.440 e. The molecule has 3 aromatic rings. The summed E-state index contributed by atoms with van der Waals surface area (Å²) in [5.74, 6) is 0.357. The molecule has 0 bridgehead atoms. The normalized spacial score (nSPS) is 13.4. The van der Waals surface area contributed by atoms with Gasteiger partial charge in [0.1, 0.15) is 0 Å². The van der Waals surface area contributed by atoms with Crippen LogP contribution in [-0.2, 0) is 9.09 Å². The number of aromatic hydroxyl groups is 1. The summed E-state index contributed by atoms with van der Waals surface area (Å²) >= 11 is 13.4. The lowest BCUT2D eigenvalue weighted by atomic mass is 10.1. The number of halogens is 2. The molecule has 1 N–H and O–H groups in total. The van der Waals surface area contributed by atoms with Crippen LogP contribution in [0.2, 0.25) is 10.0 Å². The van der Waals surface area contributed by atoms with Crippen molar-refractivity contribution in [2.75, 3.05) is 12.4 Å². The summed E-state index contributed by atoms with van der Waals surface area (Å²) in [7, 11) is 0. The molecule has 1 heterocycles. The topological polar surface area (TPSA) is 81.5 Å². The van der Waals surface area contributed by atoms with Crippen LogP contribution in [0, 0.1) is 0 Å². The zero-order valence-corrected chi connectivity index (χ0v) is 19.0. The highest BCUT2D eigenvalue weighted by molar-refractivity contribution is 8.55. The minimum atomic E-state index is -3.49. The Balaban J connectivity index is 2.01. The minimum Gasteiger partial charge on any atom is -0.504 e. The summed E-state index contributed by atoms with van der Waals surface area (Å²) in [4.78, 5) is 8.92. The van der Waals surface area contributed by atoms with Crippen LogP contribution in [0.1, 0.15) is 20.3 Å². The molecule has 0 fully saturated rings. The molecule has 0 aliphatic rings. The highest BCUT2D eigenvalue weighted by Crippen LogP contribution is 2.61. The van der Waals surface area contributed by atoms with Gasteiger partial charge in [-0.3, -0.25) is 9.51 Å². The van der Waals surface area contributed by atoms with Crippen molar-refractivity contribution < 1.29 is 18.7 Å². The van der Waals surface area contributed by atoms with Crippen molar-refractivity contribution in [2.24, 2.45) is 0 Å². The van der Waals surface area contributed by atoms with Crippen LogP contribution in [0.5, 0.6) is 11.5 Å². The minimum absolute atomic E-state index is 0.00258.